The molecule has 1 amide bonds. The third kappa shape index (κ3) is 5.30. The van der Waals surface area contributed by atoms with Crippen LogP contribution in [0.15, 0.2) is 53.9 Å². The van der Waals surface area contributed by atoms with Crippen molar-refractivity contribution in [3.63, 3.8) is 0 Å². The molecule has 0 spiro atoms. The Kier molecular flexibility index (Phi) is 6.83. The van der Waals surface area contributed by atoms with E-state index < -0.39 is 21.4 Å². The summed E-state index contributed by atoms with van der Waals surface area (Å²) in [7, 11) is 0. The molecule has 1 aromatic carbocycles. The fourth-order valence-corrected chi connectivity index (χ4v) is 10.4. The van der Waals surface area contributed by atoms with E-state index in [-0.39, 0.29) is 23.8 Å². The molecule has 1 aliphatic heterocycles. The number of aromatic nitrogens is 1. The molecule has 0 saturated carbocycles. The van der Waals surface area contributed by atoms with Crippen molar-refractivity contribution < 1.29 is 9.18 Å². The van der Waals surface area contributed by atoms with Gasteiger partial charge in [-0.05, 0) is 0 Å². The number of carbonyl (C=O) groups is 1. The average Bonchev–Trinajstić information content (AvgIpc) is 3.07. The van der Waals surface area contributed by atoms with E-state index in [4.69, 9.17) is 0 Å². The second-order valence-corrected chi connectivity index (χ2v) is 17.0. The second kappa shape index (κ2) is 9.16. The first-order chi connectivity index (χ1) is 13.7. The predicted octanol–water partition coefficient (Wildman–Crippen LogP) is 3.84. The summed E-state index contributed by atoms with van der Waals surface area (Å²) in [5.74, 6) is -0.404. The molecule has 0 radical (unpaired) electrons. The first-order valence-corrected chi connectivity index (χ1v) is 15.6. The molecule has 2 N–H and O–H groups in total. The third-order valence-corrected chi connectivity index (χ3v) is 14.0. The quantitative estimate of drug-likeness (QED) is 0.639. The zero-order valence-corrected chi connectivity index (χ0v) is 20.6. The Morgan fingerprint density at radius 1 is 1.17 bits per heavy atom. The Morgan fingerprint density at radius 2 is 1.86 bits per heavy atom. The zero-order chi connectivity index (χ0) is 21.1. The molecular formula is C23H26FInN2O2. The van der Waals surface area contributed by atoms with Crippen LogP contribution >= 0.6 is 0 Å². The van der Waals surface area contributed by atoms with Gasteiger partial charge >= 0.3 is 179 Å². The van der Waals surface area contributed by atoms with Gasteiger partial charge in [0, 0.05) is 0 Å². The van der Waals surface area contributed by atoms with Crippen molar-refractivity contribution in [2.24, 2.45) is 0 Å². The van der Waals surface area contributed by atoms with Crippen LogP contribution in [0.1, 0.15) is 36.2 Å². The van der Waals surface area contributed by atoms with E-state index in [0.29, 0.717) is 15.7 Å². The molecule has 3 rings (SSSR count). The summed E-state index contributed by atoms with van der Waals surface area (Å²) in [5.41, 5.74) is 4.83. The number of halogens is 1. The van der Waals surface area contributed by atoms with Crippen LogP contribution < -0.4 is 10.9 Å². The average molecular weight is 496 g/mol. The Bertz CT molecular complexity index is 1040. The number of hydrogen-bond acceptors (Lipinski definition) is 2. The van der Waals surface area contributed by atoms with Crippen LogP contribution in [0, 0.1) is 19.7 Å². The SMILES string of the molecule is Cc1cc(C)c(CNC(=O)C2=[CH][In]([CH](C)C)[CH]=C2Cc2ccc(F)cc2)c(=O)[nH]1. The fourth-order valence-electron chi connectivity index (χ4n) is 3.62. The summed E-state index contributed by atoms with van der Waals surface area (Å²) in [4.78, 5) is 28.0. The molecule has 6 heteroatoms. The Morgan fingerprint density at radius 3 is 2.48 bits per heavy atom. The third-order valence-electron chi connectivity index (χ3n) is 5.34. The van der Waals surface area contributed by atoms with Crippen LogP contribution in [0.4, 0.5) is 4.39 Å². The van der Waals surface area contributed by atoms with E-state index >= 15 is 0 Å². The number of nitrogens with one attached hydrogen (secondary N) is 2. The monoisotopic (exact) mass is 496 g/mol. The van der Waals surface area contributed by atoms with Gasteiger partial charge < -0.3 is 0 Å². The van der Waals surface area contributed by atoms with Gasteiger partial charge in [-0.15, -0.1) is 0 Å². The van der Waals surface area contributed by atoms with Crippen LogP contribution in [0.25, 0.3) is 0 Å². The standard InChI is InChI=1S/C20H19FN2O2.C3H7.In/c1-12(10-16-5-7-17(21)8-6-16)15(4)19(24)22-11-18-13(2)9-14(3)23-20(18)25;1-3-2;/h1,4-9H,10-11H2,2-3H3,(H,22,24)(H,23,25);3H,1-2H3;. The summed E-state index contributed by atoms with van der Waals surface area (Å²) >= 11 is -2.10. The molecule has 0 unspecified atom stereocenters. The molecule has 0 saturated heterocycles. The molecule has 150 valence electrons. The minimum atomic E-state index is -2.10. The van der Waals surface area contributed by atoms with Crippen LogP contribution in [-0.4, -0.2) is 32.3 Å². The number of hydrogen-bond donors (Lipinski definition) is 2. The van der Waals surface area contributed by atoms with Gasteiger partial charge in [0.15, 0.2) is 0 Å². The molecule has 0 fully saturated rings. The van der Waals surface area contributed by atoms with E-state index in [0.717, 1.165) is 28.0 Å². The van der Waals surface area contributed by atoms with E-state index in [9.17, 15) is 14.0 Å². The van der Waals surface area contributed by atoms with E-state index in [2.05, 4.69) is 31.8 Å². The number of rotatable bonds is 6. The second-order valence-electron chi connectivity index (χ2n) is 8.02. The van der Waals surface area contributed by atoms with Crippen LogP contribution in [0.3, 0.4) is 0 Å². The number of H-pyrrole nitrogens is 1. The van der Waals surface area contributed by atoms with Gasteiger partial charge in [-0.2, -0.15) is 0 Å². The molecular weight excluding hydrogens is 470 g/mol. The molecule has 1 aromatic heterocycles. The molecule has 2 heterocycles. The normalized spacial score (nSPS) is 13.5. The number of pyridine rings is 1. The molecule has 1 aliphatic rings. The number of amides is 1. The molecule has 29 heavy (non-hydrogen) atoms. The fraction of sp³-hybridized carbons (Fsp3) is 0.304. The van der Waals surface area contributed by atoms with E-state index in [1.165, 1.54) is 12.1 Å². The number of aryl methyl sites for hydroxylation is 2. The van der Waals surface area contributed by atoms with Crippen molar-refractivity contribution >= 4 is 27.3 Å². The van der Waals surface area contributed by atoms with Gasteiger partial charge in [0.05, 0.1) is 0 Å². The minimum absolute atomic E-state index is 0.141. The van der Waals surface area contributed by atoms with Gasteiger partial charge in [0.1, 0.15) is 0 Å². The first-order valence-electron chi connectivity index (χ1n) is 9.89. The van der Waals surface area contributed by atoms with Crippen molar-refractivity contribution in [3.8, 4) is 0 Å². The van der Waals surface area contributed by atoms with Crippen molar-refractivity contribution in [1.82, 2.24) is 10.3 Å². The Labute approximate surface area is 178 Å². The number of benzene rings is 1. The number of carbonyl (C=O) groups excluding carboxylic acids is 1. The maximum absolute atomic E-state index is 13.2. The zero-order valence-electron chi connectivity index (χ0n) is 17.3. The van der Waals surface area contributed by atoms with Gasteiger partial charge in [0.25, 0.3) is 0 Å². The van der Waals surface area contributed by atoms with Crippen LogP contribution in [-0.2, 0) is 17.8 Å². The first kappa shape index (κ1) is 21.6. The summed E-state index contributed by atoms with van der Waals surface area (Å²) in [6, 6.07) is 8.33. The van der Waals surface area contributed by atoms with Crippen LogP contribution in [0.5, 0.6) is 0 Å². The topological polar surface area (TPSA) is 62.0 Å². The molecule has 0 aliphatic carbocycles. The number of aromatic amines is 1. The summed E-state index contributed by atoms with van der Waals surface area (Å²) < 4.78 is 18.3. The van der Waals surface area contributed by atoms with Crippen molar-refractivity contribution in [3.05, 3.63) is 87.7 Å². The van der Waals surface area contributed by atoms with E-state index in [1.54, 1.807) is 12.1 Å². The van der Waals surface area contributed by atoms with Gasteiger partial charge in [-0.25, -0.2) is 0 Å². The van der Waals surface area contributed by atoms with Crippen molar-refractivity contribution in [1.29, 1.82) is 0 Å². The summed E-state index contributed by atoms with van der Waals surface area (Å²) in [6.07, 6.45) is 0.615. The maximum atomic E-state index is 13.2. The van der Waals surface area contributed by atoms with Gasteiger partial charge in [-0.1, -0.05) is 0 Å². The van der Waals surface area contributed by atoms with Crippen LogP contribution in [0.2, 0.25) is 3.67 Å². The molecule has 0 atom stereocenters. The Balaban J connectivity index is 1.78. The molecule has 2 aromatic rings. The van der Waals surface area contributed by atoms with Gasteiger partial charge in [0.2, 0.25) is 0 Å². The van der Waals surface area contributed by atoms with Crippen molar-refractivity contribution in [2.45, 2.75) is 44.3 Å². The van der Waals surface area contributed by atoms with Crippen molar-refractivity contribution in [2.75, 3.05) is 0 Å². The predicted molar refractivity (Wildman–Crippen MR) is 116 cm³/mol. The summed E-state index contributed by atoms with van der Waals surface area (Å²) in [6.45, 7) is 8.33. The van der Waals surface area contributed by atoms with Gasteiger partial charge in [-0.3, -0.25) is 0 Å². The molecule has 0 bridgehead atoms. The molecule has 4 nitrogen and oxygen atoms in total. The Hall–Kier alpha value is -2.08. The van der Waals surface area contributed by atoms with E-state index in [1.807, 2.05) is 19.9 Å². The summed E-state index contributed by atoms with van der Waals surface area (Å²) in [5, 5.41) is 2.93.